The summed E-state index contributed by atoms with van der Waals surface area (Å²) in [6.07, 6.45) is 18.5. The average molecular weight is 471 g/mol. The Morgan fingerprint density at radius 3 is 2.59 bits per heavy atom. The lowest BCUT2D eigenvalue weighted by atomic mass is 9.61. The molecule has 0 aromatic carbocycles. The number of fused-ring (bicyclic) bond motifs is 1. The Kier molecular flexibility index (Phi) is 9.09. The molecular formula is C31H50O3. The lowest BCUT2D eigenvalue weighted by Gasteiger charge is -2.44. The normalized spacial score (nSPS) is 36.9. The maximum absolute atomic E-state index is 10.7. The van der Waals surface area contributed by atoms with Crippen molar-refractivity contribution < 1.29 is 15.3 Å². The van der Waals surface area contributed by atoms with Crippen molar-refractivity contribution in [1.82, 2.24) is 0 Å². The number of aliphatic hydroxyl groups excluding tert-OH is 2. The molecule has 3 saturated carbocycles. The van der Waals surface area contributed by atoms with Gasteiger partial charge in [-0.15, -0.1) is 0 Å². The van der Waals surface area contributed by atoms with E-state index in [-0.39, 0.29) is 5.92 Å². The van der Waals surface area contributed by atoms with Gasteiger partial charge in [-0.3, -0.25) is 0 Å². The fourth-order valence-electron chi connectivity index (χ4n) is 7.16. The molecule has 0 heterocycles. The lowest BCUT2D eigenvalue weighted by molar-refractivity contribution is 0.0324. The third-order valence-electron chi connectivity index (χ3n) is 9.36. The monoisotopic (exact) mass is 470 g/mol. The maximum atomic E-state index is 10.7. The van der Waals surface area contributed by atoms with Crippen LogP contribution in [0.5, 0.6) is 0 Å². The van der Waals surface area contributed by atoms with E-state index in [1.807, 2.05) is 13.8 Å². The minimum atomic E-state index is -0.675. The van der Waals surface area contributed by atoms with Crippen LogP contribution in [0.15, 0.2) is 47.6 Å². The summed E-state index contributed by atoms with van der Waals surface area (Å²) in [5.74, 6) is 1.98. The predicted octanol–water partition coefficient (Wildman–Crippen LogP) is 6.90. The van der Waals surface area contributed by atoms with E-state index in [4.69, 9.17) is 0 Å². The fourth-order valence-corrected chi connectivity index (χ4v) is 7.16. The molecule has 3 aliphatic rings. The molecule has 0 aliphatic heterocycles. The van der Waals surface area contributed by atoms with Gasteiger partial charge in [0.05, 0.1) is 17.8 Å². The Morgan fingerprint density at radius 2 is 1.91 bits per heavy atom. The summed E-state index contributed by atoms with van der Waals surface area (Å²) in [6, 6.07) is 0. The second kappa shape index (κ2) is 11.3. The molecule has 0 amide bonds. The zero-order valence-electron chi connectivity index (χ0n) is 22.4. The van der Waals surface area contributed by atoms with Crippen molar-refractivity contribution >= 4 is 0 Å². The third-order valence-corrected chi connectivity index (χ3v) is 9.36. The summed E-state index contributed by atoms with van der Waals surface area (Å²) < 4.78 is 0. The molecule has 192 valence electrons. The van der Waals surface area contributed by atoms with Crippen molar-refractivity contribution in [1.29, 1.82) is 0 Å². The first-order chi connectivity index (χ1) is 16.0. The van der Waals surface area contributed by atoms with Crippen LogP contribution in [0.3, 0.4) is 0 Å². The highest BCUT2D eigenvalue weighted by molar-refractivity contribution is 5.38. The molecule has 3 fully saturated rings. The molecule has 0 aromatic heterocycles. The quantitative estimate of drug-likeness (QED) is 0.338. The van der Waals surface area contributed by atoms with E-state index in [9.17, 15) is 15.3 Å². The van der Waals surface area contributed by atoms with Gasteiger partial charge in [-0.1, -0.05) is 70.1 Å². The third kappa shape index (κ3) is 6.15. The second-order valence-electron chi connectivity index (χ2n) is 12.3. The molecule has 0 unspecified atom stereocenters. The average Bonchev–Trinajstić information content (AvgIpc) is 3.11. The van der Waals surface area contributed by atoms with E-state index in [2.05, 4.69) is 51.7 Å². The lowest BCUT2D eigenvalue weighted by Crippen LogP contribution is -2.35. The highest BCUT2D eigenvalue weighted by Gasteiger charge is 2.50. The zero-order chi connectivity index (χ0) is 25.1. The van der Waals surface area contributed by atoms with Crippen LogP contribution in [0, 0.1) is 29.1 Å². The Morgan fingerprint density at radius 1 is 1.18 bits per heavy atom. The van der Waals surface area contributed by atoms with Crippen molar-refractivity contribution in [2.75, 3.05) is 0 Å². The smallest absolute Gasteiger partial charge is 0.0811 e. The zero-order valence-corrected chi connectivity index (χ0v) is 22.4. The molecule has 3 heteroatoms. The molecule has 0 radical (unpaired) electrons. The summed E-state index contributed by atoms with van der Waals surface area (Å²) in [4.78, 5) is 0. The van der Waals surface area contributed by atoms with Crippen molar-refractivity contribution in [3.05, 3.63) is 47.6 Å². The van der Waals surface area contributed by atoms with Gasteiger partial charge in [-0.25, -0.2) is 0 Å². The largest absolute Gasteiger partial charge is 0.393 e. The molecule has 3 rings (SSSR count). The van der Waals surface area contributed by atoms with Gasteiger partial charge < -0.3 is 15.3 Å². The van der Waals surface area contributed by atoms with E-state index in [0.29, 0.717) is 36.0 Å². The van der Waals surface area contributed by atoms with Gasteiger partial charge in [0, 0.05) is 12.3 Å². The number of rotatable bonds is 8. The Hall–Kier alpha value is -1.16. The molecule has 7 atom stereocenters. The van der Waals surface area contributed by atoms with E-state index in [1.165, 1.54) is 25.7 Å². The van der Waals surface area contributed by atoms with E-state index in [0.717, 1.165) is 36.8 Å². The highest BCUT2D eigenvalue weighted by atomic mass is 16.3. The van der Waals surface area contributed by atoms with Crippen LogP contribution in [-0.4, -0.2) is 33.1 Å². The molecule has 3 nitrogen and oxygen atoms in total. The van der Waals surface area contributed by atoms with Crippen LogP contribution in [-0.2, 0) is 0 Å². The molecular weight excluding hydrogens is 420 g/mol. The number of hydrogen-bond acceptors (Lipinski definition) is 3. The summed E-state index contributed by atoms with van der Waals surface area (Å²) in [7, 11) is 0. The van der Waals surface area contributed by atoms with Crippen LogP contribution in [0.1, 0.15) is 98.8 Å². The summed E-state index contributed by atoms with van der Waals surface area (Å²) >= 11 is 0. The topological polar surface area (TPSA) is 60.7 Å². The summed E-state index contributed by atoms with van der Waals surface area (Å²) in [6.45, 7) is 15.1. The van der Waals surface area contributed by atoms with Gasteiger partial charge >= 0.3 is 0 Å². The summed E-state index contributed by atoms with van der Waals surface area (Å²) in [5, 5.41) is 31.0. The Balaban J connectivity index is 1.75. The molecule has 0 bridgehead atoms. The van der Waals surface area contributed by atoms with Crippen molar-refractivity contribution in [3.63, 3.8) is 0 Å². The van der Waals surface area contributed by atoms with Gasteiger partial charge in [0.15, 0.2) is 0 Å². The predicted molar refractivity (Wildman–Crippen MR) is 142 cm³/mol. The first-order valence-electron chi connectivity index (χ1n) is 13.8. The first kappa shape index (κ1) is 27.4. The fraction of sp³-hybridized carbons (Fsp3) is 0.742. The number of unbranched alkanes of at least 4 members (excludes halogenated alkanes) is 1. The Bertz CT molecular complexity index is 798. The van der Waals surface area contributed by atoms with Gasteiger partial charge in [-0.2, -0.15) is 0 Å². The number of allylic oxidation sites excluding steroid dienone is 4. The standard InChI is InChI=1S/C31H50O3/c1-7-8-11-25(30(4,5)34)15-12-21(2)27-16-17-28-23(10-9-18-31(27,28)6)13-14-24-19-26(32)20-29(33)22(24)3/h12-15,21,25-29,32-34H,3,7-11,16-20H2,1-2,4-6H3/b15-12?,23-13+,24-14-/t21-,25-,26-,27-,28+,29+,31-/m1/s1. The minimum absolute atomic E-state index is 0.211. The number of aliphatic hydroxyl groups is 3. The molecule has 3 aliphatic carbocycles. The molecule has 3 N–H and O–H groups in total. The van der Waals surface area contributed by atoms with E-state index in [1.54, 1.807) is 5.57 Å². The van der Waals surface area contributed by atoms with E-state index >= 15 is 0 Å². The highest BCUT2D eigenvalue weighted by Crippen LogP contribution is 2.59. The molecule has 0 spiro atoms. The van der Waals surface area contributed by atoms with Gasteiger partial charge in [0.1, 0.15) is 0 Å². The van der Waals surface area contributed by atoms with Gasteiger partial charge in [0.25, 0.3) is 0 Å². The Labute approximate surface area is 208 Å². The minimum Gasteiger partial charge on any atom is -0.393 e. The molecule has 34 heavy (non-hydrogen) atoms. The van der Waals surface area contributed by atoms with Crippen molar-refractivity contribution in [2.45, 2.75) is 117 Å². The van der Waals surface area contributed by atoms with Crippen molar-refractivity contribution in [3.8, 4) is 0 Å². The van der Waals surface area contributed by atoms with Crippen LogP contribution in [0.4, 0.5) is 0 Å². The SMILES string of the molecule is C=C1/C(=C\C=C2/CCC[C@]3(C)[C@@H]([C@H](C)C=C[C@@H](CCCC)C(C)(C)O)CC[C@@H]23)C[C@@H](O)C[C@@H]1O. The van der Waals surface area contributed by atoms with Crippen LogP contribution in [0.2, 0.25) is 0 Å². The summed E-state index contributed by atoms with van der Waals surface area (Å²) in [5.41, 5.74) is 2.95. The maximum Gasteiger partial charge on any atom is 0.0811 e. The van der Waals surface area contributed by atoms with Crippen LogP contribution < -0.4 is 0 Å². The van der Waals surface area contributed by atoms with Gasteiger partial charge in [-0.05, 0) is 93.1 Å². The van der Waals surface area contributed by atoms with Crippen molar-refractivity contribution in [2.24, 2.45) is 29.1 Å². The van der Waals surface area contributed by atoms with Crippen LogP contribution in [0.25, 0.3) is 0 Å². The number of hydrogen-bond donors (Lipinski definition) is 3. The molecule has 0 saturated heterocycles. The van der Waals surface area contributed by atoms with Gasteiger partial charge in [0.2, 0.25) is 0 Å². The second-order valence-corrected chi connectivity index (χ2v) is 12.3. The molecule has 0 aromatic rings. The van der Waals surface area contributed by atoms with E-state index < -0.39 is 17.8 Å². The van der Waals surface area contributed by atoms with Crippen LogP contribution >= 0.6 is 0 Å². The first-order valence-corrected chi connectivity index (χ1v) is 13.8.